The highest BCUT2D eigenvalue weighted by atomic mass is 16.5. The van der Waals surface area contributed by atoms with Crippen molar-refractivity contribution in [2.75, 3.05) is 7.11 Å². The fraction of sp³-hybridized carbons (Fsp3) is 0.562. The minimum Gasteiger partial charge on any atom is -0.497 e. The normalized spacial score (nSPS) is 29.2. The Balaban J connectivity index is 2.00. The van der Waals surface area contributed by atoms with E-state index < -0.39 is 0 Å². The molecule has 0 amide bonds. The maximum atomic E-state index is 12.4. The van der Waals surface area contributed by atoms with Gasteiger partial charge in [0, 0.05) is 6.07 Å². The summed E-state index contributed by atoms with van der Waals surface area (Å²) in [6.45, 7) is 2.19. The van der Waals surface area contributed by atoms with E-state index in [0.29, 0.717) is 23.7 Å². The monoisotopic (exact) mass is 260 g/mol. The Hall–Kier alpha value is -1.51. The number of rotatable bonds is 2. The zero-order valence-electron chi connectivity index (χ0n) is 11.6. The minimum atomic E-state index is -0.259. The predicted molar refractivity (Wildman–Crippen MR) is 72.9 cm³/mol. The van der Waals surface area contributed by atoms with Crippen LogP contribution in [0, 0.1) is 5.92 Å². The maximum Gasteiger partial charge on any atom is 0.170 e. The minimum absolute atomic E-state index is 0.212. The molecule has 0 radical (unpaired) electrons. The van der Waals surface area contributed by atoms with E-state index >= 15 is 0 Å². The van der Waals surface area contributed by atoms with Crippen LogP contribution in [0.3, 0.4) is 0 Å². The molecule has 102 valence electrons. The van der Waals surface area contributed by atoms with Crippen LogP contribution in [-0.4, -0.2) is 18.5 Å². The fourth-order valence-corrected chi connectivity index (χ4v) is 3.62. The Labute approximate surface area is 113 Å². The SMILES string of the molecule is CCC1CCCC12CC(=O)c1ccc(OC)cc1O2. The van der Waals surface area contributed by atoms with Gasteiger partial charge in [0.15, 0.2) is 5.78 Å². The number of methoxy groups -OCH3 is 1. The number of carbonyl (C=O) groups excluding carboxylic acids is 1. The highest BCUT2D eigenvalue weighted by Crippen LogP contribution is 2.48. The van der Waals surface area contributed by atoms with Crippen LogP contribution in [0.4, 0.5) is 0 Å². The molecule has 1 spiro atoms. The molecule has 1 aliphatic heterocycles. The number of carbonyl (C=O) groups is 1. The Morgan fingerprint density at radius 2 is 2.32 bits per heavy atom. The van der Waals surface area contributed by atoms with Crippen molar-refractivity contribution in [3.63, 3.8) is 0 Å². The van der Waals surface area contributed by atoms with Crippen molar-refractivity contribution < 1.29 is 14.3 Å². The first-order valence-electron chi connectivity index (χ1n) is 7.09. The zero-order chi connectivity index (χ0) is 13.5. The molecule has 1 fully saturated rings. The van der Waals surface area contributed by atoms with E-state index in [0.717, 1.165) is 25.0 Å². The lowest BCUT2D eigenvalue weighted by Gasteiger charge is -2.39. The lowest BCUT2D eigenvalue weighted by Crippen LogP contribution is -2.44. The van der Waals surface area contributed by atoms with Crippen LogP contribution in [0.25, 0.3) is 0 Å². The van der Waals surface area contributed by atoms with Gasteiger partial charge in [0.25, 0.3) is 0 Å². The van der Waals surface area contributed by atoms with Gasteiger partial charge in [-0.1, -0.05) is 6.92 Å². The standard InChI is InChI=1S/C16H20O3/c1-3-11-5-4-8-16(11)10-14(17)13-7-6-12(18-2)9-15(13)19-16/h6-7,9,11H,3-5,8,10H2,1-2H3. The Kier molecular flexibility index (Phi) is 3.00. The molecule has 1 aliphatic carbocycles. The summed E-state index contributed by atoms with van der Waals surface area (Å²) in [5, 5.41) is 0. The highest BCUT2D eigenvalue weighted by molar-refractivity contribution is 6.00. The van der Waals surface area contributed by atoms with Crippen LogP contribution in [0.5, 0.6) is 11.5 Å². The molecule has 1 aromatic carbocycles. The van der Waals surface area contributed by atoms with E-state index in [2.05, 4.69) is 6.92 Å². The molecule has 3 rings (SSSR count). The summed E-state index contributed by atoms with van der Waals surface area (Å²) >= 11 is 0. The molecule has 2 aliphatic rings. The smallest absolute Gasteiger partial charge is 0.170 e. The van der Waals surface area contributed by atoms with Crippen LogP contribution in [-0.2, 0) is 0 Å². The van der Waals surface area contributed by atoms with Gasteiger partial charge in [0.2, 0.25) is 0 Å². The summed E-state index contributed by atoms with van der Waals surface area (Å²) < 4.78 is 11.5. The van der Waals surface area contributed by atoms with Crippen LogP contribution < -0.4 is 9.47 Å². The molecule has 3 nitrogen and oxygen atoms in total. The van der Waals surface area contributed by atoms with E-state index in [-0.39, 0.29) is 11.4 Å². The van der Waals surface area contributed by atoms with Gasteiger partial charge in [-0.25, -0.2) is 0 Å². The Morgan fingerprint density at radius 3 is 3.05 bits per heavy atom. The maximum absolute atomic E-state index is 12.4. The Morgan fingerprint density at radius 1 is 1.47 bits per heavy atom. The van der Waals surface area contributed by atoms with Gasteiger partial charge in [0.1, 0.15) is 17.1 Å². The largest absolute Gasteiger partial charge is 0.497 e. The third-order valence-electron chi connectivity index (χ3n) is 4.65. The van der Waals surface area contributed by atoms with Gasteiger partial charge < -0.3 is 9.47 Å². The van der Waals surface area contributed by atoms with Crippen LogP contribution in [0.1, 0.15) is 49.4 Å². The second-order valence-electron chi connectivity index (χ2n) is 5.63. The molecule has 1 heterocycles. The zero-order valence-corrected chi connectivity index (χ0v) is 11.6. The first-order valence-corrected chi connectivity index (χ1v) is 7.09. The summed E-state index contributed by atoms with van der Waals surface area (Å²) in [4.78, 5) is 12.4. The molecular weight excluding hydrogens is 240 g/mol. The molecular formula is C16H20O3. The molecule has 1 saturated carbocycles. The van der Waals surface area contributed by atoms with Crippen molar-refractivity contribution in [3.05, 3.63) is 23.8 Å². The third-order valence-corrected chi connectivity index (χ3v) is 4.65. The molecule has 0 saturated heterocycles. The molecule has 1 aromatic rings. The second kappa shape index (κ2) is 4.55. The number of ketones is 1. The highest BCUT2D eigenvalue weighted by Gasteiger charge is 2.48. The number of benzene rings is 1. The topological polar surface area (TPSA) is 35.5 Å². The third kappa shape index (κ3) is 1.92. The van der Waals surface area contributed by atoms with E-state index in [4.69, 9.17) is 9.47 Å². The van der Waals surface area contributed by atoms with Crippen molar-refractivity contribution >= 4 is 5.78 Å². The summed E-state index contributed by atoms with van der Waals surface area (Å²) in [6, 6.07) is 5.49. The first kappa shape index (κ1) is 12.5. The molecule has 0 aromatic heterocycles. The fourth-order valence-electron chi connectivity index (χ4n) is 3.62. The van der Waals surface area contributed by atoms with Gasteiger partial charge in [0.05, 0.1) is 19.1 Å². The lowest BCUT2D eigenvalue weighted by atomic mass is 9.81. The van der Waals surface area contributed by atoms with Gasteiger partial charge in [-0.05, 0) is 43.7 Å². The molecule has 2 unspecified atom stereocenters. The van der Waals surface area contributed by atoms with Crippen molar-refractivity contribution in [2.45, 2.75) is 44.6 Å². The van der Waals surface area contributed by atoms with Crippen molar-refractivity contribution in [1.82, 2.24) is 0 Å². The van der Waals surface area contributed by atoms with Gasteiger partial charge in [-0.15, -0.1) is 0 Å². The molecule has 2 atom stereocenters. The van der Waals surface area contributed by atoms with Crippen molar-refractivity contribution in [2.24, 2.45) is 5.92 Å². The average molecular weight is 260 g/mol. The summed E-state index contributed by atoms with van der Waals surface area (Å²) in [5.41, 5.74) is 0.443. The van der Waals surface area contributed by atoms with Crippen LogP contribution in [0.2, 0.25) is 0 Å². The van der Waals surface area contributed by atoms with E-state index in [1.807, 2.05) is 18.2 Å². The van der Waals surface area contributed by atoms with Gasteiger partial charge in [-0.3, -0.25) is 4.79 Å². The molecule has 19 heavy (non-hydrogen) atoms. The molecule has 3 heteroatoms. The van der Waals surface area contributed by atoms with E-state index in [1.54, 1.807) is 7.11 Å². The van der Waals surface area contributed by atoms with Gasteiger partial charge >= 0.3 is 0 Å². The van der Waals surface area contributed by atoms with Crippen LogP contribution >= 0.6 is 0 Å². The van der Waals surface area contributed by atoms with Gasteiger partial charge in [-0.2, -0.15) is 0 Å². The number of ether oxygens (including phenoxy) is 2. The number of hydrogen-bond donors (Lipinski definition) is 0. The van der Waals surface area contributed by atoms with E-state index in [1.165, 1.54) is 6.42 Å². The average Bonchev–Trinajstić information content (AvgIpc) is 2.79. The quantitative estimate of drug-likeness (QED) is 0.815. The number of Topliss-reactive ketones (excluding diaryl/α,β-unsaturated/α-hetero) is 1. The Bertz CT molecular complexity index is 509. The first-order chi connectivity index (χ1) is 9.18. The number of fused-ring (bicyclic) bond motifs is 1. The summed E-state index contributed by atoms with van der Waals surface area (Å²) in [6.07, 6.45) is 4.93. The molecule has 0 bridgehead atoms. The van der Waals surface area contributed by atoms with E-state index in [9.17, 15) is 4.79 Å². The lowest BCUT2D eigenvalue weighted by molar-refractivity contribution is 0.0112. The number of hydrogen-bond acceptors (Lipinski definition) is 3. The summed E-state index contributed by atoms with van der Waals surface area (Å²) in [7, 11) is 1.63. The predicted octanol–water partition coefficient (Wildman–Crippen LogP) is 3.61. The van der Waals surface area contributed by atoms with Crippen LogP contribution in [0.15, 0.2) is 18.2 Å². The second-order valence-corrected chi connectivity index (χ2v) is 5.63. The summed E-state index contributed by atoms with van der Waals surface area (Å²) in [5.74, 6) is 2.16. The van der Waals surface area contributed by atoms with Crippen molar-refractivity contribution in [1.29, 1.82) is 0 Å². The molecule has 0 N–H and O–H groups in total. The van der Waals surface area contributed by atoms with Crippen molar-refractivity contribution in [3.8, 4) is 11.5 Å².